The number of nitrogens with one attached hydrogen (secondary N) is 1. The second kappa shape index (κ2) is 8.58. The Bertz CT molecular complexity index is 423. The van der Waals surface area contributed by atoms with E-state index in [1.165, 1.54) is 0 Å². The van der Waals surface area contributed by atoms with E-state index in [0.717, 1.165) is 13.1 Å². The molecule has 0 amide bonds. The first kappa shape index (κ1) is 17.4. The summed E-state index contributed by atoms with van der Waals surface area (Å²) < 4.78 is 0. The number of hydrogen-bond donors (Lipinski definition) is 3. The zero-order valence-corrected chi connectivity index (χ0v) is 13.4. The van der Waals surface area contributed by atoms with Gasteiger partial charge in [-0.25, -0.2) is 5.84 Å². The lowest BCUT2D eigenvalue weighted by Crippen LogP contribution is -2.35. The van der Waals surface area contributed by atoms with E-state index in [1.54, 1.807) is 0 Å². The van der Waals surface area contributed by atoms with Crippen molar-refractivity contribution in [2.75, 3.05) is 41.5 Å². The van der Waals surface area contributed by atoms with Crippen molar-refractivity contribution in [1.29, 1.82) is 0 Å². The lowest BCUT2D eigenvalue weighted by molar-refractivity contribution is 0.288. The molecule has 4 N–H and O–H groups in total. The molecule has 0 unspecified atom stereocenters. The van der Waals surface area contributed by atoms with Crippen LogP contribution in [0.15, 0.2) is 0 Å². The molecule has 1 rings (SSSR count). The van der Waals surface area contributed by atoms with Crippen molar-refractivity contribution >= 4 is 17.8 Å². The second-order valence-electron chi connectivity index (χ2n) is 4.94. The fourth-order valence-corrected chi connectivity index (χ4v) is 2.02. The van der Waals surface area contributed by atoms with Crippen LogP contribution < -0.4 is 21.1 Å². The lowest BCUT2D eigenvalue weighted by Gasteiger charge is -2.28. The maximum Gasteiger partial charge on any atom is 0.243 e. The molecule has 0 radical (unpaired) electrons. The van der Waals surface area contributed by atoms with Gasteiger partial charge in [0, 0.05) is 32.3 Å². The van der Waals surface area contributed by atoms with Gasteiger partial charge in [-0.05, 0) is 34.1 Å². The van der Waals surface area contributed by atoms with Gasteiger partial charge in [0.05, 0.1) is 0 Å². The molecule has 0 fully saturated rings. The summed E-state index contributed by atoms with van der Waals surface area (Å²) in [7, 11) is 0. The van der Waals surface area contributed by atoms with E-state index in [4.69, 9.17) is 10.9 Å². The van der Waals surface area contributed by atoms with Crippen molar-refractivity contribution in [3.05, 3.63) is 0 Å². The van der Waals surface area contributed by atoms with E-state index in [-0.39, 0.29) is 12.6 Å². The first-order chi connectivity index (χ1) is 10.1. The molecule has 0 saturated carbocycles. The molecule has 8 nitrogen and oxygen atoms in total. The van der Waals surface area contributed by atoms with Crippen LogP contribution in [-0.2, 0) is 0 Å². The number of aliphatic hydroxyl groups is 1. The maximum absolute atomic E-state index is 9.04. The first-order valence-corrected chi connectivity index (χ1v) is 7.42. The second-order valence-corrected chi connectivity index (χ2v) is 4.94. The van der Waals surface area contributed by atoms with Gasteiger partial charge in [0.15, 0.2) is 0 Å². The highest BCUT2D eigenvalue weighted by atomic mass is 16.3. The van der Waals surface area contributed by atoms with Gasteiger partial charge in [-0.15, -0.1) is 0 Å². The Morgan fingerprint density at radius 3 is 2.24 bits per heavy atom. The van der Waals surface area contributed by atoms with Crippen molar-refractivity contribution in [3.8, 4) is 0 Å². The number of nitrogen functional groups attached to an aromatic ring is 1. The van der Waals surface area contributed by atoms with E-state index < -0.39 is 0 Å². The summed E-state index contributed by atoms with van der Waals surface area (Å²) in [6, 6.07) is 0.217. The fourth-order valence-electron chi connectivity index (χ4n) is 2.02. The number of aliphatic hydroxyl groups excluding tert-OH is 1. The van der Waals surface area contributed by atoms with Crippen LogP contribution in [-0.4, -0.2) is 52.3 Å². The molecule has 0 saturated heterocycles. The zero-order chi connectivity index (χ0) is 15.8. The number of hydrazine groups is 1. The van der Waals surface area contributed by atoms with Gasteiger partial charge in [0.25, 0.3) is 0 Å². The van der Waals surface area contributed by atoms with Crippen LogP contribution in [0.2, 0.25) is 0 Å². The number of nitrogens with zero attached hydrogens (tertiary/aromatic N) is 5. The van der Waals surface area contributed by atoms with E-state index >= 15 is 0 Å². The Kier molecular flexibility index (Phi) is 7.10. The van der Waals surface area contributed by atoms with Crippen molar-refractivity contribution < 1.29 is 5.11 Å². The third-order valence-electron chi connectivity index (χ3n) is 3.22. The Hall–Kier alpha value is -1.67. The number of rotatable bonds is 9. The molecule has 0 aliphatic carbocycles. The minimum atomic E-state index is 0.138. The van der Waals surface area contributed by atoms with Gasteiger partial charge in [-0.1, -0.05) is 0 Å². The fraction of sp³-hybridized carbons (Fsp3) is 0.769. The Balaban J connectivity index is 3.16. The molecule has 0 bridgehead atoms. The van der Waals surface area contributed by atoms with Crippen LogP contribution in [0.25, 0.3) is 0 Å². The largest absolute Gasteiger partial charge is 0.396 e. The molecule has 8 heteroatoms. The number of hydrogen-bond acceptors (Lipinski definition) is 8. The number of aromatic nitrogens is 3. The molecule has 1 aromatic rings. The minimum Gasteiger partial charge on any atom is -0.396 e. The minimum absolute atomic E-state index is 0.138. The zero-order valence-electron chi connectivity index (χ0n) is 13.4. The van der Waals surface area contributed by atoms with Crippen molar-refractivity contribution in [3.63, 3.8) is 0 Å². The van der Waals surface area contributed by atoms with Crippen molar-refractivity contribution in [1.82, 2.24) is 15.0 Å². The summed E-state index contributed by atoms with van der Waals surface area (Å²) in [4.78, 5) is 17.3. The molecular weight excluding hydrogens is 270 g/mol. The molecule has 21 heavy (non-hydrogen) atoms. The molecule has 0 atom stereocenters. The summed E-state index contributed by atoms with van der Waals surface area (Å²) in [6.45, 7) is 10.7. The van der Waals surface area contributed by atoms with Gasteiger partial charge in [0.1, 0.15) is 0 Å². The highest BCUT2D eigenvalue weighted by Crippen LogP contribution is 2.18. The molecule has 0 spiro atoms. The Morgan fingerprint density at radius 2 is 1.76 bits per heavy atom. The maximum atomic E-state index is 9.04. The predicted molar refractivity (Wildman–Crippen MR) is 85.4 cm³/mol. The lowest BCUT2D eigenvalue weighted by atomic mass is 10.3. The molecular formula is C13H27N7O. The molecule has 120 valence electrons. The van der Waals surface area contributed by atoms with Crippen LogP contribution in [0.3, 0.4) is 0 Å². The summed E-state index contributed by atoms with van der Waals surface area (Å²) in [5.74, 6) is 6.99. The van der Waals surface area contributed by atoms with E-state index in [0.29, 0.717) is 30.8 Å². The standard InChI is InChI=1S/C13H27N7O/c1-5-19(6-2)12-15-11(18-14)16-13(17-12)20(10(3)4)8-7-9-21/h10,21H,5-9,14H2,1-4H3,(H,15,16,17,18). The van der Waals surface area contributed by atoms with Crippen LogP contribution in [0, 0.1) is 0 Å². The van der Waals surface area contributed by atoms with Gasteiger partial charge in [0.2, 0.25) is 17.8 Å². The van der Waals surface area contributed by atoms with Crippen molar-refractivity contribution in [2.45, 2.75) is 40.2 Å². The average Bonchev–Trinajstić information content (AvgIpc) is 2.48. The van der Waals surface area contributed by atoms with E-state index in [1.807, 2.05) is 9.80 Å². The first-order valence-electron chi connectivity index (χ1n) is 7.42. The monoisotopic (exact) mass is 297 g/mol. The Labute approximate surface area is 126 Å². The summed E-state index contributed by atoms with van der Waals surface area (Å²) in [5.41, 5.74) is 2.50. The van der Waals surface area contributed by atoms with E-state index in [2.05, 4.69) is 48.1 Å². The summed E-state index contributed by atoms with van der Waals surface area (Å²) >= 11 is 0. The molecule has 0 aromatic carbocycles. The SMILES string of the molecule is CCN(CC)c1nc(NN)nc(N(CCCO)C(C)C)n1. The van der Waals surface area contributed by atoms with Crippen LogP contribution >= 0.6 is 0 Å². The van der Waals surface area contributed by atoms with Crippen molar-refractivity contribution in [2.24, 2.45) is 5.84 Å². The summed E-state index contributed by atoms with van der Waals surface area (Å²) in [5, 5.41) is 9.04. The molecule has 0 aliphatic rings. The van der Waals surface area contributed by atoms with Gasteiger partial charge in [-0.3, -0.25) is 5.43 Å². The molecule has 1 heterocycles. The topological polar surface area (TPSA) is 103 Å². The van der Waals surface area contributed by atoms with Crippen LogP contribution in [0.5, 0.6) is 0 Å². The molecule has 1 aromatic heterocycles. The van der Waals surface area contributed by atoms with E-state index in [9.17, 15) is 0 Å². The van der Waals surface area contributed by atoms with Crippen LogP contribution in [0.4, 0.5) is 17.8 Å². The molecule has 0 aliphatic heterocycles. The number of anilines is 3. The van der Waals surface area contributed by atoms with Crippen LogP contribution in [0.1, 0.15) is 34.1 Å². The highest BCUT2D eigenvalue weighted by Gasteiger charge is 2.17. The normalized spacial score (nSPS) is 10.8. The third kappa shape index (κ3) is 4.68. The van der Waals surface area contributed by atoms with Gasteiger partial charge >= 0.3 is 0 Å². The average molecular weight is 297 g/mol. The number of nitrogens with two attached hydrogens (primary N) is 1. The third-order valence-corrected chi connectivity index (χ3v) is 3.22. The van der Waals surface area contributed by atoms with Gasteiger partial charge in [-0.2, -0.15) is 15.0 Å². The smallest absolute Gasteiger partial charge is 0.243 e. The van der Waals surface area contributed by atoms with Gasteiger partial charge < -0.3 is 14.9 Å². The quantitative estimate of drug-likeness (QED) is 0.450. The predicted octanol–water partition coefficient (Wildman–Crippen LogP) is 0.601. The highest BCUT2D eigenvalue weighted by molar-refractivity contribution is 5.45. The summed E-state index contributed by atoms with van der Waals surface area (Å²) in [6.07, 6.45) is 0.663. The Morgan fingerprint density at radius 1 is 1.14 bits per heavy atom.